The molecular weight excluding hydrogens is 324 g/mol. The molecule has 0 fully saturated rings. The molecule has 1 amide bonds. The molecule has 1 atom stereocenters. The minimum atomic E-state index is -3.42. The predicted octanol–water partition coefficient (Wildman–Crippen LogP) is 2.80. The van der Waals surface area contributed by atoms with Crippen molar-refractivity contribution in [2.75, 3.05) is 17.1 Å². The highest BCUT2D eigenvalue weighted by Crippen LogP contribution is 2.22. The zero-order valence-corrected chi connectivity index (χ0v) is 14.7. The molecule has 0 aliphatic rings. The standard InChI is InChI=1S/C15H23ClN2O3S/c1-4-12(2)17-15(19)9-6-10-18(22(3,20)21)14-8-5-7-13(16)11-14/h5,7-8,11-12H,4,6,9-10H2,1-3H3,(H,17,19)/t12-/m0/s1. The second kappa shape index (κ2) is 8.39. The van der Waals surface area contributed by atoms with Gasteiger partial charge in [-0.25, -0.2) is 8.42 Å². The number of anilines is 1. The molecule has 0 radical (unpaired) electrons. The molecule has 0 aliphatic heterocycles. The molecule has 0 aliphatic carbocycles. The van der Waals surface area contributed by atoms with Crippen molar-refractivity contribution in [2.24, 2.45) is 0 Å². The van der Waals surface area contributed by atoms with Crippen molar-refractivity contribution < 1.29 is 13.2 Å². The number of sulfonamides is 1. The average Bonchev–Trinajstić information content (AvgIpc) is 2.42. The van der Waals surface area contributed by atoms with Gasteiger partial charge in [-0.15, -0.1) is 0 Å². The summed E-state index contributed by atoms with van der Waals surface area (Å²) in [7, 11) is -3.42. The number of rotatable bonds is 8. The van der Waals surface area contributed by atoms with Crippen LogP contribution in [-0.2, 0) is 14.8 Å². The summed E-state index contributed by atoms with van der Waals surface area (Å²) in [5.41, 5.74) is 0.511. The van der Waals surface area contributed by atoms with Gasteiger partial charge in [-0.2, -0.15) is 0 Å². The van der Waals surface area contributed by atoms with Crippen LogP contribution in [0.4, 0.5) is 5.69 Å². The van der Waals surface area contributed by atoms with Gasteiger partial charge < -0.3 is 5.32 Å². The quantitative estimate of drug-likeness (QED) is 0.787. The summed E-state index contributed by atoms with van der Waals surface area (Å²) in [5.74, 6) is -0.0612. The monoisotopic (exact) mass is 346 g/mol. The van der Waals surface area contributed by atoms with E-state index in [4.69, 9.17) is 11.6 Å². The summed E-state index contributed by atoms with van der Waals surface area (Å²) < 4.78 is 25.1. The van der Waals surface area contributed by atoms with Crippen LogP contribution >= 0.6 is 11.6 Å². The Balaban J connectivity index is 2.67. The molecule has 1 aromatic rings. The molecule has 0 bridgehead atoms. The van der Waals surface area contributed by atoms with Gasteiger partial charge >= 0.3 is 0 Å². The first kappa shape index (κ1) is 18.8. The number of nitrogens with one attached hydrogen (secondary N) is 1. The van der Waals surface area contributed by atoms with Crippen LogP contribution in [0.25, 0.3) is 0 Å². The number of carbonyl (C=O) groups is 1. The van der Waals surface area contributed by atoms with Crippen LogP contribution in [0.3, 0.4) is 0 Å². The molecule has 1 N–H and O–H groups in total. The molecule has 0 heterocycles. The van der Waals surface area contributed by atoms with Gasteiger partial charge in [-0.1, -0.05) is 24.6 Å². The predicted molar refractivity (Wildman–Crippen MR) is 90.8 cm³/mol. The number of nitrogens with zero attached hydrogens (tertiary/aromatic N) is 1. The Hall–Kier alpha value is -1.27. The first-order valence-corrected chi connectivity index (χ1v) is 9.49. The average molecular weight is 347 g/mol. The molecule has 1 aromatic carbocycles. The Bertz CT molecular complexity index is 605. The van der Waals surface area contributed by atoms with Gasteiger partial charge in [-0.3, -0.25) is 9.10 Å². The topological polar surface area (TPSA) is 66.5 Å². The van der Waals surface area contributed by atoms with Crippen LogP contribution < -0.4 is 9.62 Å². The SMILES string of the molecule is CC[C@H](C)NC(=O)CCCN(c1cccc(Cl)c1)S(C)(=O)=O. The van der Waals surface area contributed by atoms with E-state index in [0.29, 0.717) is 17.1 Å². The Morgan fingerprint density at radius 2 is 2.09 bits per heavy atom. The number of hydrogen-bond donors (Lipinski definition) is 1. The van der Waals surface area contributed by atoms with Crippen LogP contribution in [-0.4, -0.2) is 33.2 Å². The fraction of sp³-hybridized carbons (Fsp3) is 0.533. The lowest BCUT2D eigenvalue weighted by molar-refractivity contribution is -0.121. The zero-order valence-electron chi connectivity index (χ0n) is 13.2. The van der Waals surface area contributed by atoms with Crippen molar-refractivity contribution in [1.29, 1.82) is 0 Å². The third-order valence-electron chi connectivity index (χ3n) is 3.28. The van der Waals surface area contributed by atoms with Gasteiger partial charge in [0.05, 0.1) is 11.9 Å². The van der Waals surface area contributed by atoms with E-state index >= 15 is 0 Å². The highest BCUT2D eigenvalue weighted by atomic mass is 35.5. The molecule has 0 saturated heterocycles. The van der Waals surface area contributed by atoms with E-state index in [-0.39, 0.29) is 24.9 Å². The maximum absolute atomic E-state index is 11.9. The van der Waals surface area contributed by atoms with Gasteiger partial charge in [0.15, 0.2) is 0 Å². The van der Waals surface area contributed by atoms with Gasteiger partial charge in [0, 0.05) is 24.0 Å². The van der Waals surface area contributed by atoms with Crippen molar-refractivity contribution in [3.63, 3.8) is 0 Å². The van der Waals surface area contributed by atoms with Crippen molar-refractivity contribution >= 4 is 33.2 Å². The third kappa shape index (κ3) is 6.23. The summed E-state index contributed by atoms with van der Waals surface area (Å²) in [5, 5.41) is 3.34. The largest absolute Gasteiger partial charge is 0.354 e. The van der Waals surface area contributed by atoms with E-state index in [1.165, 1.54) is 4.31 Å². The number of halogens is 1. The molecule has 5 nitrogen and oxygen atoms in total. The summed E-state index contributed by atoms with van der Waals surface area (Å²) >= 11 is 5.91. The highest BCUT2D eigenvalue weighted by molar-refractivity contribution is 7.92. The normalized spacial score (nSPS) is 12.7. The fourth-order valence-corrected chi connectivity index (χ4v) is 3.09. The summed E-state index contributed by atoms with van der Waals surface area (Å²) in [6, 6.07) is 6.80. The van der Waals surface area contributed by atoms with E-state index in [1.54, 1.807) is 24.3 Å². The number of carbonyl (C=O) groups excluding carboxylic acids is 1. The molecule has 7 heteroatoms. The minimum Gasteiger partial charge on any atom is -0.354 e. The molecule has 22 heavy (non-hydrogen) atoms. The maximum atomic E-state index is 11.9. The molecule has 0 aromatic heterocycles. The summed E-state index contributed by atoms with van der Waals surface area (Å²) in [6.45, 7) is 4.18. The minimum absolute atomic E-state index is 0.0612. The van der Waals surface area contributed by atoms with Crippen LogP contribution in [0.2, 0.25) is 5.02 Å². The maximum Gasteiger partial charge on any atom is 0.232 e. The first-order valence-electron chi connectivity index (χ1n) is 7.26. The number of benzene rings is 1. The highest BCUT2D eigenvalue weighted by Gasteiger charge is 2.18. The molecule has 0 saturated carbocycles. The Morgan fingerprint density at radius 1 is 1.41 bits per heavy atom. The van der Waals surface area contributed by atoms with E-state index in [0.717, 1.165) is 12.7 Å². The lowest BCUT2D eigenvalue weighted by atomic mass is 10.2. The lowest BCUT2D eigenvalue weighted by Gasteiger charge is -2.22. The van der Waals surface area contributed by atoms with E-state index in [9.17, 15) is 13.2 Å². The van der Waals surface area contributed by atoms with E-state index in [1.807, 2.05) is 13.8 Å². The van der Waals surface area contributed by atoms with Gasteiger partial charge in [0.1, 0.15) is 0 Å². The number of hydrogen-bond acceptors (Lipinski definition) is 3. The summed E-state index contributed by atoms with van der Waals surface area (Å²) in [6.07, 6.45) is 2.75. The third-order valence-corrected chi connectivity index (χ3v) is 4.71. The van der Waals surface area contributed by atoms with Crippen molar-refractivity contribution in [2.45, 2.75) is 39.2 Å². The molecule has 1 rings (SSSR count). The molecule has 124 valence electrons. The van der Waals surface area contributed by atoms with E-state index < -0.39 is 10.0 Å². The zero-order chi connectivity index (χ0) is 16.8. The lowest BCUT2D eigenvalue weighted by Crippen LogP contribution is -2.34. The molecule has 0 spiro atoms. The van der Waals surface area contributed by atoms with Gasteiger partial charge in [-0.05, 0) is 38.0 Å². The fourth-order valence-electron chi connectivity index (χ4n) is 1.95. The molecular formula is C15H23ClN2O3S. The van der Waals surface area contributed by atoms with Gasteiger partial charge in [0.25, 0.3) is 0 Å². The van der Waals surface area contributed by atoms with Crippen molar-refractivity contribution in [3.05, 3.63) is 29.3 Å². The van der Waals surface area contributed by atoms with Crippen LogP contribution in [0, 0.1) is 0 Å². The Labute approximate surface area is 137 Å². The second-order valence-electron chi connectivity index (χ2n) is 5.30. The second-order valence-corrected chi connectivity index (χ2v) is 7.64. The summed E-state index contributed by atoms with van der Waals surface area (Å²) in [4.78, 5) is 11.7. The van der Waals surface area contributed by atoms with Crippen LogP contribution in [0.15, 0.2) is 24.3 Å². The Morgan fingerprint density at radius 3 is 2.64 bits per heavy atom. The molecule has 0 unspecified atom stereocenters. The van der Waals surface area contributed by atoms with Gasteiger partial charge in [0.2, 0.25) is 15.9 Å². The smallest absolute Gasteiger partial charge is 0.232 e. The van der Waals surface area contributed by atoms with Crippen molar-refractivity contribution in [3.8, 4) is 0 Å². The van der Waals surface area contributed by atoms with Crippen LogP contribution in [0.1, 0.15) is 33.1 Å². The first-order chi connectivity index (χ1) is 10.2. The Kier molecular flexibility index (Phi) is 7.16. The van der Waals surface area contributed by atoms with E-state index in [2.05, 4.69) is 5.32 Å². The van der Waals surface area contributed by atoms with Crippen molar-refractivity contribution in [1.82, 2.24) is 5.32 Å². The number of amides is 1. The van der Waals surface area contributed by atoms with Crippen LogP contribution in [0.5, 0.6) is 0 Å².